The molecule has 3 atom stereocenters. The second-order valence-electron chi connectivity index (χ2n) is 6.63. The highest BCUT2D eigenvalue weighted by Crippen LogP contribution is 2.30. The Balaban J connectivity index is 2.00. The Morgan fingerprint density at radius 3 is 2.75 bits per heavy atom. The van der Waals surface area contributed by atoms with Crippen LogP contribution in [-0.4, -0.2) is 40.2 Å². The molecule has 9 heteroatoms. The van der Waals surface area contributed by atoms with Gasteiger partial charge in [-0.1, -0.05) is 0 Å². The van der Waals surface area contributed by atoms with Crippen molar-refractivity contribution in [3.63, 3.8) is 0 Å². The predicted octanol–water partition coefficient (Wildman–Crippen LogP) is 1.42. The first-order valence-electron chi connectivity index (χ1n) is 7.54. The van der Waals surface area contributed by atoms with Gasteiger partial charge in [0.1, 0.15) is 30.7 Å². The first-order chi connectivity index (χ1) is 11.1. The van der Waals surface area contributed by atoms with Crippen molar-refractivity contribution in [1.29, 1.82) is 0 Å². The van der Waals surface area contributed by atoms with Gasteiger partial charge >= 0.3 is 11.8 Å². The molecule has 24 heavy (non-hydrogen) atoms. The average molecular weight is 343 g/mol. The van der Waals surface area contributed by atoms with Gasteiger partial charge in [-0.15, -0.1) is 0 Å². The number of nitrogens with zero attached hydrogens (tertiary/aromatic N) is 1. The Hall–Kier alpha value is -2.16. The van der Waals surface area contributed by atoms with E-state index in [0.717, 1.165) is 4.57 Å². The van der Waals surface area contributed by atoms with Gasteiger partial charge < -0.3 is 14.2 Å². The fourth-order valence-corrected chi connectivity index (χ4v) is 2.24. The smallest absolute Gasteiger partial charge is 0.431 e. The van der Waals surface area contributed by atoms with E-state index in [9.17, 15) is 18.8 Å². The number of hydrogen-bond acceptors (Lipinski definition) is 6. The lowest BCUT2D eigenvalue weighted by Gasteiger charge is -2.20. The lowest BCUT2D eigenvalue weighted by atomic mass is 10.2. The predicted molar refractivity (Wildman–Crippen MR) is 81.7 cm³/mol. The second-order valence-corrected chi connectivity index (χ2v) is 6.63. The molecule has 1 fully saturated rings. The van der Waals surface area contributed by atoms with E-state index in [0.29, 0.717) is 5.56 Å². The van der Waals surface area contributed by atoms with E-state index in [-0.39, 0.29) is 13.0 Å². The zero-order valence-electron chi connectivity index (χ0n) is 14.0. The standard InChI is InChI=1S/C15H21FN2O6/c1-8-6-18(13(20)17-12(8)19)11-5-9(16)10(23-11)7-22-14(21)24-15(2,3)4/h6,9-11H,5,7H2,1-4H3,(H,17,19,20)/t9-,10+,11+/m0/s1/i16-1. The maximum atomic E-state index is 14.1. The van der Waals surface area contributed by atoms with Gasteiger partial charge in [0.2, 0.25) is 0 Å². The molecule has 1 aliphatic rings. The van der Waals surface area contributed by atoms with Crippen molar-refractivity contribution in [3.8, 4) is 0 Å². The van der Waals surface area contributed by atoms with E-state index in [1.165, 1.54) is 13.1 Å². The van der Waals surface area contributed by atoms with Gasteiger partial charge in [0, 0.05) is 18.2 Å². The molecular formula is C15H21FN2O6. The van der Waals surface area contributed by atoms with Gasteiger partial charge in [-0.25, -0.2) is 14.0 Å². The van der Waals surface area contributed by atoms with E-state index in [4.69, 9.17) is 14.2 Å². The molecule has 0 aromatic carbocycles. The number of alkyl halides is 1. The summed E-state index contributed by atoms with van der Waals surface area (Å²) in [6.07, 6.45) is -3.00. The van der Waals surface area contributed by atoms with Gasteiger partial charge in [-0.3, -0.25) is 14.3 Å². The van der Waals surface area contributed by atoms with Crippen molar-refractivity contribution >= 4 is 6.16 Å². The van der Waals surface area contributed by atoms with Crippen LogP contribution in [0.5, 0.6) is 0 Å². The molecule has 1 aliphatic heterocycles. The van der Waals surface area contributed by atoms with Crippen LogP contribution in [0.2, 0.25) is 0 Å². The summed E-state index contributed by atoms with van der Waals surface area (Å²) in [4.78, 5) is 36.8. The number of ether oxygens (including phenoxy) is 3. The molecule has 2 rings (SSSR count). The highest BCUT2D eigenvalue weighted by atomic mass is 18.2. The van der Waals surface area contributed by atoms with Crippen LogP contribution in [0.15, 0.2) is 15.8 Å². The maximum Gasteiger partial charge on any atom is 0.508 e. The minimum atomic E-state index is -1.42. The first-order valence-corrected chi connectivity index (χ1v) is 7.54. The second kappa shape index (κ2) is 6.76. The van der Waals surface area contributed by atoms with E-state index < -0.39 is 41.5 Å². The van der Waals surface area contributed by atoms with Gasteiger partial charge in [0.05, 0.1) is 0 Å². The van der Waals surface area contributed by atoms with Crippen LogP contribution in [0.1, 0.15) is 39.0 Å². The van der Waals surface area contributed by atoms with Crippen LogP contribution in [0.3, 0.4) is 0 Å². The Morgan fingerprint density at radius 2 is 2.12 bits per heavy atom. The number of carbonyl (C=O) groups is 1. The van der Waals surface area contributed by atoms with Crippen LogP contribution in [0, 0.1) is 6.92 Å². The van der Waals surface area contributed by atoms with E-state index in [1.807, 2.05) is 0 Å². The van der Waals surface area contributed by atoms with Crippen molar-refractivity contribution in [2.75, 3.05) is 6.61 Å². The molecule has 0 radical (unpaired) electrons. The topological polar surface area (TPSA) is 99.6 Å². The van der Waals surface area contributed by atoms with Gasteiger partial charge in [0.25, 0.3) is 5.56 Å². The zero-order valence-corrected chi connectivity index (χ0v) is 14.0. The Labute approximate surface area is 137 Å². The van der Waals surface area contributed by atoms with Crippen LogP contribution in [-0.2, 0) is 14.2 Å². The van der Waals surface area contributed by atoms with Gasteiger partial charge in [-0.05, 0) is 27.7 Å². The van der Waals surface area contributed by atoms with Crippen molar-refractivity contribution in [2.45, 2.75) is 58.2 Å². The molecule has 134 valence electrons. The fraction of sp³-hybridized carbons (Fsp3) is 0.667. The highest BCUT2D eigenvalue weighted by Gasteiger charge is 2.38. The molecule has 0 spiro atoms. The Morgan fingerprint density at radius 1 is 1.46 bits per heavy atom. The highest BCUT2D eigenvalue weighted by molar-refractivity contribution is 5.60. The molecule has 8 nitrogen and oxygen atoms in total. The minimum absolute atomic E-state index is 0.0895. The third-order valence-electron chi connectivity index (χ3n) is 3.37. The number of aromatic nitrogens is 2. The quantitative estimate of drug-likeness (QED) is 0.833. The summed E-state index contributed by atoms with van der Waals surface area (Å²) in [6, 6.07) is 0. The summed E-state index contributed by atoms with van der Waals surface area (Å²) >= 11 is 0. The molecule has 0 amide bonds. The fourth-order valence-electron chi connectivity index (χ4n) is 2.24. The monoisotopic (exact) mass is 343 g/mol. The van der Waals surface area contributed by atoms with E-state index >= 15 is 0 Å². The summed E-state index contributed by atoms with van der Waals surface area (Å²) in [5.74, 6) is 0. The number of rotatable bonds is 3. The number of nitrogens with one attached hydrogen (secondary N) is 1. The van der Waals surface area contributed by atoms with Crippen molar-refractivity contribution in [1.82, 2.24) is 9.55 Å². The number of aromatic amines is 1. The molecule has 0 aliphatic carbocycles. The summed E-state index contributed by atoms with van der Waals surface area (Å²) in [5.41, 5.74) is -1.60. The van der Waals surface area contributed by atoms with E-state index in [2.05, 4.69) is 4.98 Å². The van der Waals surface area contributed by atoms with Crippen molar-refractivity contribution in [2.24, 2.45) is 0 Å². The number of halogens is 1. The molecule has 1 N–H and O–H groups in total. The van der Waals surface area contributed by atoms with Crippen LogP contribution in [0.4, 0.5) is 9.18 Å². The SMILES string of the molecule is Cc1cn([C@H]2C[C@H]([18F])[C@@H](COC(=O)OC(C)(C)C)O2)c(=O)[nH]c1=O. The molecule has 2 heterocycles. The lowest BCUT2D eigenvalue weighted by molar-refractivity contribution is -0.0623. The van der Waals surface area contributed by atoms with Crippen LogP contribution >= 0.6 is 0 Å². The molecule has 0 bridgehead atoms. The van der Waals surface area contributed by atoms with Crippen LogP contribution in [0.25, 0.3) is 0 Å². The maximum absolute atomic E-state index is 14.1. The van der Waals surface area contributed by atoms with Crippen molar-refractivity contribution in [3.05, 3.63) is 32.6 Å². The molecular weight excluding hydrogens is 322 g/mol. The summed E-state index contributed by atoms with van der Waals surface area (Å²) in [5, 5.41) is 0. The molecule has 0 saturated carbocycles. The van der Waals surface area contributed by atoms with E-state index in [1.54, 1.807) is 20.8 Å². The normalized spacial score (nSPS) is 24.0. The molecule has 1 aromatic heterocycles. The van der Waals surface area contributed by atoms with Gasteiger partial charge in [-0.2, -0.15) is 0 Å². The summed E-state index contributed by atoms with van der Waals surface area (Å²) < 4.78 is 30.5. The van der Waals surface area contributed by atoms with Crippen LogP contribution < -0.4 is 11.2 Å². The molecule has 1 aromatic rings. The third kappa shape index (κ3) is 4.44. The number of hydrogen-bond donors (Lipinski definition) is 1. The summed E-state index contributed by atoms with van der Waals surface area (Å²) in [6.45, 7) is 6.24. The molecule has 1 saturated heterocycles. The van der Waals surface area contributed by atoms with Gasteiger partial charge in [0.15, 0.2) is 0 Å². The minimum Gasteiger partial charge on any atom is -0.431 e. The average Bonchev–Trinajstić information content (AvgIpc) is 2.80. The first kappa shape index (κ1) is 18.2. The number of H-pyrrole nitrogens is 1. The zero-order chi connectivity index (χ0) is 18.1. The van der Waals surface area contributed by atoms with Crippen molar-refractivity contribution < 1.29 is 23.4 Å². The Kier molecular flexibility index (Phi) is 5.12. The summed E-state index contributed by atoms with van der Waals surface area (Å²) in [7, 11) is 0. The third-order valence-corrected chi connectivity index (χ3v) is 3.37. The number of carbonyl (C=O) groups excluding carboxylic acids is 1. The molecule has 0 unspecified atom stereocenters. The number of aryl methyl sites for hydroxylation is 1. The largest absolute Gasteiger partial charge is 0.508 e. The lowest BCUT2D eigenvalue weighted by Crippen LogP contribution is -2.33. The Bertz CT molecular complexity index is 720.